The van der Waals surface area contributed by atoms with Crippen molar-refractivity contribution in [3.8, 4) is 0 Å². The Bertz CT molecular complexity index is 891. The van der Waals surface area contributed by atoms with E-state index in [0.717, 1.165) is 26.2 Å². The minimum absolute atomic E-state index is 0.0205. The van der Waals surface area contributed by atoms with Crippen molar-refractivity contribution in [1.29, 1.82) is 0 Å². The van der Waals surface area contributed by atoms with Gasteiger partial charge in [0, 0.05) is 38.6 Å². The molecule has 6 heteroatoms. The fourth-order valence-electron chi connectivity index (χ4n) is 5.21. The average Bonchev–Trinajstić information content (AvgIpc) is 3.45. The second-order valence-corrected chi connectivity index (χ2v) is 8.46. The van der Waals surface area contributed by atoms with Crippen molar-refractivity contribution in [3.63, 3.8) is 0 Å². The quantitative estimate of drug-likeness (QED) is 0.735. The van der Waals surface area contributed by atoms with E-state index >= 15 is 0 Å². The van der Waals surface area contributed by atoms with Gasteiger partial charge in [-0.25, -0.2) is 0 Å². The number of rotatable bonds is 6. The van der Waals surface area contributed by atoms with Crippen molar-refractivity contribution >= 4 is 11.8 Å². The molecule has 1 aromatic carbocycles. The molecule has 0 saturated carbocycles. The fraction of sp³-hybridized carbons (Fsp3) is 0.500. The van der Waals surface area contributed by atoms with Crippen LogP contribution in [0, 0.1) is 18.8 Å². The standard InChI is InChI=1S/C24H31N3O3/c1-4-26(5-2)22(28)15-25-12-19-13-27(24(29)18-10-11-30-16-18)23(21(19)14-25)20-9-7-6-8-17(20)3/h6-11,16,19,21,23H,4-5,12-15H2,1-3H3/t19-,21-,23+/m0/s1. The number of carbonyl (C=O) groups is 2. The zero-order valence-corrected chi connectivity index (χ0v) is 18.1. The van der Waals surface area contributed by atoms with Crippen LogP contribution in [-0.2, 0) is 4.79 Å². The highest BCUT2D eigenvalue weighted by Crippen LogP contribution is 2.46. The van der Waals surface area contributed by atoms with Gasteiger partial charge in [-0.1, -0.05) is 24.3 Å². The third kappa shape index (κ3) is 3.76. The second-order valence-electron chi connectivity index (χ2n) is 8.46. The number of amides is 2. The zero-order chi connectivity index (χ0) is 21.3. The Hall–Kier alpha value is -2.60. The Balaban J connectivity index is 1.57. The van der Waals surface area contributed by atoms with Crippen LogP contribution in [0.3, 0.4) is 0 Å². The second kappa shape index (κ2) is 8.64. The topological polar surface area (TPSA) is 57.0 Å². The number of benzene rings is 1. The SMILES string of the molecule is CCN(CC)C(=O)CN1C[C@H]2CN(C(=O)c3ccoc3)[C@H](c3ccccc3C)[C@H]2C1. The maximum Gasteiger partial charge on any atom is 0.257 e. The number of likely N-dealkylation sites (N-methyl/N-ethyl adjacent to an activating group) is 1. The van der Waals surface area contributed by atoms with Crippen LogP contribution in [0.4, 0.5) is 0 Å². The third-order valence-corrected chi connectivity index (χ3v) is 6.75. The van der Waals surface area contributed by atoms with E-state index in [1.165, 1.54) is 17.4 Å². The molecule has 4 rings (SSSR count). The number of furan rings is 1. The summed E-state index contributed by atoms with van der Waals surface area (Å²) in [5.41, 5.74) is 3.01. The molecule has 2 fully saturated rings. The first-order valence-corrected chi connectivity index (χ1v) is 10.9. The summed E-state index contributed by atoms with van der Waals surface area (Å²) in [6.45, 7) is 10.5. The van der Waals surface area contributed by atoms with E-state index < -0.39 is 0 Å². The molecule has 2 aromatic rings. The van der Waals surface area contributed by atoms with E-state index in [1.807, 2.05) is 35.8 Å². The van der Waals surface area contributed by atoms with Crippen LogP contribution in [0.5, 0.6) is 0 Å². The lowest BCUT2D eigenvalue weighted by Crippen LogP contribution is -2.41. The molecule has 160 valence electrons. The van der Waals surface area contributed by atoms with Crippen LogP contribution in [0.15, 0.2) is 47.3 Å². The molecule has 0 unspecified atom stereocenters. The van der Waals surface area contributed by atoms with Gasteiger partial charge in [0.15, 0.2) is 0 Å². The summed E-state index contributed by atoms with van der Waals surface area (Å²) >= 11 is 0. The van der Waals surface area contributed by atoms with Crippen molar-refractivity contribution < 1.29 is 14.0 Å². The van der Waals surface area contributed by atoms with Crippen LogP contribution >= 0.6 is 0 Å². The number of carbonyl (C=O) groups excluding carboxylic acids is 2. The van der Waals surface area contributed by atoms with Gasteiger partial charge in [0.1, 0.15) is 6.26 Å². The molecule has 3 heterocycles. The van der Waals surface area contributed by atoms with E-state index in [1.54, 1.807) is 12.3 Å². The summed E-state index contributed by atoms with van der Waals surface area (Å²) in [7, 11) is 0. The molecule has 2 saturated heterocycles. The van der Waals surface area contributed by atoms with Gasteiger partial charge in [0.2, 0.25) is 5.91 Å². The van der Waals surface area contributed by atoms with Gasteiger partial charge in [-0.05, 0) is 43.9 Å². The van der Waals surface area contributed by atoms with E-state index in [2.05, 4.69) is 24.0 Å². The van der Waals surface area contributed by atoms with E-state index in [0.29, 0.717) is 30.5 Å². The Labute approximate surface area is 178 Å². The smallest absolute Gasteiger partial charge is 0.257 e. The first-order chi connectivity index (χ1) is 14.5. The molecule has 0 spiro atoms. The Morgan fingerprint density at radius 2 is 1.87 bits per heavy atom. The van der Waals surface area contributed by atoms with E-state index in [4.69, 9.17) is 4.42 Å². The Kier molecular flexibility index (Phi) is 5.95. The van der Waals surface area contributed by atoms with Gasteiger partial charge < -0.3 is 14.2 Å². The monoisotopic (exact) mass is 409 g/mol. The lowest BCUT2D eigenvalue weighted by Gasteiger charge is -2.31. The summed E-state index contributed by atoms with van der Waals surface area (Å²) in [5.74, 6) is 0.914. The van der Waals surface area contributed by atoms with Gasteiger partial charge in [-0.3, -0.25) is 14.5 Å². The lowest BCUT2D eigenvalue weighted by molar-refractivity contribution is -0.131. The highest BCUT2D eigenvalue weighted by Gasteiger charge is 2.49. The minimum atomic E-state index is 0.0205. The van der Waals surface area contributed by atoms with Crippen LogP contribution in [0.2, 0.25) is 0 Å². The maximum atomic E-state index is 13.3. The summed E-state index contributed by atoms with van der Waals surface area (Å²) in [5, 5.41) is 0. The molecule has 2 aliphatic heterocycles. The van der Waals surface area contributed by atoms with E-state index in [-0.39, 0.29) is 17.9 Å². The van der Waals surface area contributed by atoms with Crippen molar-refractivity contribution in [2.24, 2.45) is 11.8 Å². The van der Waals surface area contributed by atoms with Crippen LogP contribution < -0.4 is 0 Å². The van der Waals surface area contributed by atoms with Crippen molar-refractivity contribution in [1.82, 2.24) is 14.7 Å². The molecule has 0 N–H and O–H groups in total. The van der Waals surface area contributed by atoms with Gasteiger partial charge in [-0.15, -0.1) is 0 Å². The molecule has 0 aliphatic carbocycles. The molecule has 2 amide bonds. The van der Waals surface area contributed by atoms with Gasteiger partial charge in [0.25, 0.3) is 5.91 Å². The van der Waals surface area contributed by atoms with Crippen molar-refractivity contribution in [2.45, 2.75) is 26.8 Å². The summed E-state index contributed by atoms with van der Waals surface area (Å²) in [6.07, 6.45) is 3.08. The molecule has 0 radical (unpaired) electrons. The lowest BCUT2D eigenvalue weighted by atomic mass is 9.87. The van der Waals surface area contributed by atoms with E-state index in [9.17, 15) is 9.59 Å². The maximum absolute atomic E-state index is 13.3. The molecule has 2 aliphatic rings. The number of likely N-dealkylation sites (tertiary alicyclic amines) is 2. The first-order valence-electron chi connectivity index (χ1n) is 10.9. The van der Waals surface area contributed by atoms with Gasteiger partial charge >= 0.3 is 0 Å². The fourth-order valence-corrected chi connectivity index (χ4v) is 5.21. The summed E-state index contributed by atoms with van der Waals surface area (Å²) in [4.78, 5) is 32.1. The summed E-state index contributed by atoms with van der Waals surface area (Å²) in [6, 6.07) is 10.1. The Morgan fingerprint density at radius 1 is 1.10 bits per heavy atom. The number of hydrogen-bond acceptors (Lipinski definition) is 4. The first kappa shape index (κ1) is 20.7. The molecular formula is C24H31N3O3. The van der Waals surface area contributed by atoms with Gasteiger partial charge in [-0.2, -0.15) is 0 Å². The molecule has 0 bridgehead atoms. The normalized spacial score (nSPS) is 23.6. The highest BCUT2D eigenvalue weighted by atomic mass is 16.3. The van der Waals surface area contributed by atoms with Crippen LogP contribution in [-0.4, -0.2) is 65.8 Å². The Morgan fingerprint density at radius 3 is 2.53 bits per heavy atom. The molecule has 3 atom stereocenters. The molecular weight excluding hydrogens is 378 g/mol. The average molecular weight is 410 g/mol. The molecule has 1 aromatic heterocycles. The highest BCUT2D eigenvalue weighted by molar-refractivity contribution is 5.94. The van der Waals surface area contributed by atoms with Crippen molar-refractivity contribution in [2.75, 3.05) is 39.3 Å². The van der Waals surface area contributed by atoms with Crippen LogP contribution in [0.25, 0.3) is 0 Å². The predicted octanol–water partition coefficient (Wildman–Crippen LogP) is 3.20. The number of hydrogen-bond donors (Lipinski definition) is 0. The number of nitrogens with zero attached hydrogens (tertiary/aromatic N) is 3. The number of aryl methyl sites for hydroxylation is 1. The van der Waals surface area contributed by atoms with Crippen LogP contribution in [0.1, 0.15) is 41.4 Å². The predicted molar refractivity (Wildman–Crippen MR) is 115 cm³/mol. The molecule has 6 nitrogen and oxygen atoms in total. The largest absolute Gasteiger partial charge is 0.472 e. The summed E-state index contributed by atoms with van der Waals surface area (Å²) < 4.78 is 5.16. The van der Waals surface area contributed by atoms with Crippen molar-refractivity contribution in [3.05, 3.63) is 59.5 Å². The zero-order valence-electron chi connectivity index (χ0n) is 18.1. The number of fused-ring (bicyclic) bond motifs is 1. The third-order valence-electron chi connectivity index (χ3n) is 6.75. The minimum Gasteiger partial charge on any atom is -0.472 e. The van der Waals surface area contributed by atoms with Gasteiger partial charge in [0.05, 0.1) is 24.4 Å². The molecule has 30 heavy (non-hydrogen) atoms.